The second-order valence-electron chi connectivity index (χ2n) is 5.86. The molecule has 1 heterocycles. The maximum atomic E-state index is 12.3. The molecule has 0 aliphatic heterocycles. The van der Waals surface area contributed by atoms with Crippen molar-refractivity contribution in [3.63, 3.8) is 0 Å². The minimum absolute atomic E-state index is 0.0676. The number of nitrogens with one attached hydrogen (secondary N) is 1. The van der Waals surface area contributed by atoms with E-state index in [1.54, 1.807) is 25.6 Å². The van der Waals surface area contributed by atoms with Gasteiger partial charge in [0.2, 0.25) is 5.91 Å². The molecule has 1 aromatic carbocycles. The van der Waals surface area contributed by atoms with Crippen molar-refractivity contribution in [1.82, 2.24) is 4.98 Å². The van der Waals surface area contributed by atoms with Crippen LogP contribution in [0.25, 0.3) is 10.8 Å². The zero-order valence-corrected chi connectivity index (χ0v) is 12.8. The van der Waals surface area contributed by atoms with Gasteiger partial charge in [0.25, 0.3) is 0 Å². The van der Waals surface area contributed by atoms with Crippen LogP contribution in [0.4, 0.5) is 5.69 Å². The second kappa shape index (κ2) is 6.24. The van der Waals surface area contributed by atoms with Crippen molar-refractivity contribution in [2.75, 3.05) is 12.4 Å². The van der Waals surface area contributed by atoms with E-state index in [0.29, 0.717) is 18.5 Å². The Balaban J connectivity index is 1.73. The van der Waals surface area contributed by atoms with Crippen molar-refractivity contribution in [3.8, 4) is 5.75 Å². The predicted molar refractivity (Wildman–Crippen MR) is 85.4 cm³/mol. The molecule has 6 heteroatoms. The zero-order chi connectivity index (χ0) is 16.4. The second-order valence-corrected chi connectivity index (χ2v) is 5.86. The summed E-state index contributed by atoms with van der Waals surface area (Å²) in [5, 5.41) is 13.4. The van der Waals surface area contributed by atoms with Gasteiger partial charge in [0.15, 0.2) is 0 Å². The Morgan fingerprint density at radius 1 is 1.30 bits per heavy atom. The molecule has 2 N–H and O–H groups in total. The molecule has 120 valence electrons. The van der Waals surface area contributed by atoms with Gasteiger partial charge < -0.3 is 15.2 Å². The summed E-state index contributed by atoms with van der Waals surface area (Å²) >= 11 is 0. The third kappa shape index (κ3) is 3.11. The first-order valence-electron chi connectivity index (χ1n) is 7.52. The fraction of sp³-hybridized carbons (Fsp3) is 0.353. The number of carbonyl (C=O) groups is 2. The molecule has 1 aliphatic rings. The zero-order valence-electron chi connectivity index (χ0n) is 12.8. The first kappa shape index (κ1) is 15.3. The monoisotopic (exact) mass is 314 g/mol. The van der Waals surface area contributed by atoms with Gasteiger partial charge in [-0.15, -0.1) is 0 Å². The molecule has 23 heavy (non-hydrogen) atoms. The van der Waals surface area contributed by atoms with Crippen LogP contribution >= 0.6 is 0 Å². The van der Waals surface area contributed by atoms with E-state index in [2.05, 4.69) is 10.3 Å². The summed E-state index contributed by atoms with van der Waals surface area (Å²) in [7, 11) is 1.60. The fourth-order valence-corrected chi connectivity index (χ4v) is 3.05. The first-order valence-corrected chi connectivity index (χ1v) is 7.52. The number of benzene rings is 1. The molecule has 2 aromatic rings. The lowest BCUT2D eigenvalue weighted by Gasteiger charge is -2.33. The maximum absolute atomic E-state index is 12.3. The van der Waals surface area contributed by atoms with Gasteiger partial charge in [-0.2, -0.15) is 0 Å². The van der Waals surface area contributed by atoms with Crippen molar-refractivity contribution >= 4 is 28.3 Å². The summed E-state index contributed by atoms with van der Waals surface area (Å²) in [4.78, 5) is 27.1. The molecular formula is C17H18N2O4. The van der Waals surface area contributed by atoms with Crippen LogP contribution in [0.5, 0.6) is 5.75 Å². The number of amides is 1. The molecule has 3 rings (SSSR count). The lowest BCUT2D eigenvalue weighted by Crippen LogP contribution is -2.35. The average molecular weight is 314 g/mol. The van der Waals surface area contributed by atoms with Crippen molar-refractivity contribution in [2.24, 2.45) is 11.8 Å². The van der Waals surface area contributed by atoms with Gasteiger partial charge in [0, 0.05) is 35.5 Å². The number of rotatable bonds is 5. The van der Waals surface area contributed by atoms with E-state index in [4.69, 9.17) is 9.84 Å². The smallest absolute Gasteiger partial charge is 0.303 e. The van der Waals surface area contributed by atoms with Crippen LogP contribution in [0.2, 0.25) is 0 Å². The van der Waals surface area contributed by atoms with Crippen LogP contribution in [0.15, 0.2) is 30.6 Å². The lowest BCUT2D eigenvalue weighted by atomic mass is 9.73. The van der Waals surface area contributed by atoms with Gasteiger partial charge in [-0.3, -0.25) is 14.6 Å². The Hall–Kier alpha value is -2.63. The molecule has 1 aromatic heterocycles. The number of anilines is 1. The highest BCUT2D eigenvalue weighted by molar-refractivity contribution is 6.04. The Kier molecular flexibility index (Phi) is 4.14. The topological polar surface area (TPSA) is 88.5 Å². The van der Waals surface area contributed by atoms with Crippen LogP contribution in [-0.4, -0.2) is 29.1 Å². The molecule has 6 nitrogen and oxygen atoms in total. The van der Waals surface area contributed by atoms with Crippen LogP contribution in [-0.2, 0) is 9.59 Å². The van der Waals surface area contributed by atoms with Gasteiger partial charge in [0.1, 0.15) is 5.75 Å². The molecule has 0 bridgehead atoms. The molecule has 1 fully saturated rings. The molecule has 1 saturated carbocycles. The normalized spacial score (nSPS) is 19.9. The SMILES string of the molecule is COc1ccc(NC(=O)C2CC(CC(=O)O)C2)c2cnccc12. The van der Waals surface area contributed by atoms with E-state index in [0.717, 1.165) is 16.5 Å². The molecule has 0 spiro atoms. The quantitative estimate of drug-likeness (QED) is 0.886. The van der Waals surface area contributed by atoms with Crippen LogP contribution in [0.3, 0.4) is 0 Å². The number of fused-ring (bicyclic) bond motifs is 1. The minimum Gasteiger partial charge on any atom is -0.496 e. The minimum atomic E-state index is -0.805. The Morgan fingerprint density at radius 2 is 2.09 bits per heavy atom. The summed E-state index contributed by atoms with van der Waals surface area (Å²) < 4.78 is 5.32. The van der Waals surface area contributed by atoms with Crippen molar-refractivity contribution in [2.45, 2.75) is 19.3 Å². The highest BCUT2D eigenvalue weighted by Crippen LogP contribution is 2.38. The number of hydrogen-bond donors (Lipinski definition) is 2. The lowest BCUT2D eigenvalue weighted by molar-refractivity contribution is -0.140. The van der Waals surface area contributed by atoms with Crippen molar-refractivity contribution in [3.05, 3.63) is 30.6 Å². The van der Waals surface area contributed by atoms with E-state index in [1.165, 1.54) is 0 Å². The Bertz CT molecular complexity index is 753. The largest absolute Gasteiger partial charge is 0.496 e. The number of aliphatic carboxylic acids is 1. The number of carboxylic acids is 1. The molecule has 0 radical (unpaired) electrons. The number of nitrogens with zero attached hydrogens (tertiary/aromatic N) is 1. The number of carboxylic acid groups (broad SMARTS) is 1. The summed E-state index contributed by atoms with van der Waals surface area (Å²) in [5.41, 5.74) is 0.695. The van der Waals surface area contributed by atoms with Crippen LogP contribution < -0.4 is 10.1 Å². The number of pyridine rings is 1. The van der Waals surface area contributed by atoms with Crippen LogP contribution in [0.1, 0.15) is 19.3 Å². The van der Waals surface area contributed by atoms with E-state index in [9.17, 15) is 9.59 Å². The molecule has 0 saturated heterocycles. The molecule has 0 unspecified atom stereocenters. The number of methoxy groups -OCH3 is 1. The van der Waals surface area contributed by atoms with Crippen molar-refractivity contribution in [1.29, 1.82) is 0 Å². The van der Waals surface area contributed by atoms with Gasteiger partial charge in [-0.05, 0) is 37.0 Å². The van der Waals surface area contributed by atoms with Crippen LogP contribution in [0, 0.1) is 11.8 Å². The van der Waals surface area contributed by atoms with E-state index >= 15 is 0 Å². The summed E-state index contributed by atoms with van der Waals surface area (Å²) in [5.74, 6) is -0.153. The first-order chi connectivity index (χ1) is 11.1. The third-order valence-electron chi connectivity index (χ3n) is 4.33. The predicted octanol–water partition coefficient (Wildman–Crippen LogP) is 2.68. The van der Waals surface area contributed by atoms with Gasteiger partial charge in [0.05, 0.1) is 12.8 Å². The Morgan fingerprint density at radius 3 is 2.78 bits per heavy atom. The number of hydrogen-bond acceptors (Lipinski definition) is 4. The fourth-order valence-electron chi connectivity index (χ4n) is 3.05. The van der Waals surface area contributed by atoms with E-state index in [-0.39, 0.29) is 24.2 Å². The number of carbonyl (C=O) groups excluding carboxylic acids is 1. The molecule has 1 aliphatic carbocycles. The number of ether oxygens (including phenoxy) is 1. The standard InChI is InChI=1S/C17H18N2O4/c1-23-15-3-2-14(13-9-18-5-4-12(13)15)19-17(22)11-6-10(7-11)8-16(20)21/h2-5,9-11H,6-8H2,1H3,(H,19,22)(H,20,21). The highest BCUT2D eigenvalue weighted by Gasteiger charge is 2.35. The van der Waals surface area contributed by atoms with E-state index < -0.39 is 5.97 Å². The average Bonchev–Trinajstić information content (AvgIpc) is 2.50. The summed E-state index contributed by atoms with van der Waals surface area (Å²) in [6, 6.07) is 5.45. The van der Waals surface area contributed by atoms with E-state index in [1.807, 2.05) is 12.1 Å². The molecule has 1 amide bonds. The maximum Gasteiger partial charge on any atom is 0.303 e. The summed E-state index contributed by atoms with van der Waals surface area (Å²) in [6.45, 7) is 0. The van der Waals surface area contributed by atoms with Crippen molar-refractivity contribution < 1.29 is 19.4 Å². The highest BCUT2D eigenvalue weighted by atomic mass is 16.5. The molecular weight excluding hydrogens is 296 g/mol. The third-order valence-corrected chi connectivity index (χ3v) is 4.33. The Labute approximate surface area is 133 Å². The molecule has 0 atom stereocenters. The van der Waals surface area contributed by atoms with Gasteiger partial charge >= 0.3 is 5.97 Å². The van der Waals surface area contributed by atoms with Gasteiger partial charge in [-0.25, -0.2) is 0 Å². The number of aromatic nitrogens is 1. The summed E-state index contributed by atoms with van der Waals surface area (Å²) in [6.07, 6.45) is 4.77. The van der Waals surface area contributed by atoms with Gasteiger partial charge in [-0.1, -0.05) is 0 Å².